The summed E-state index contributed by atoms with van der Waals surface area (Å²) in [5, 5.41) is 1.80. The molecule has 0 unspecified atom stereocenters. The van der Waals surface area contributed by atoms with Gasteiger partial charge in [0, 0.05) is 15.9 Å². The normalized spacial score (nSPS) is 10.7. The molecule has 0 N–H and O–H groups in total. The molecular weight excluding hydrogens is 361 g/mol. The largest absolute Gasteiger partial charge is 0.207 e. The third kappa shape index (κ3) is 2.83. The average molecular weight is 368 g/mol. The SMILES string of the molecule is Fc1ccc(CBr)c(-c2cc(Cl)c(Cl)cc2Cl)c1. The molecule has 2 aromatic rings. The summed E-state index contributed by atoms with van der Waals surface area (Å²) in [6.07, 6.45) is 0. The summed E-state index contributed by atoms with van der Waals surface area (Å²) in [7, 11) is 0. The average Bonchev–Trinajstić information content (AvgIpc) is 2.34. The van der Waals surface area contributed by atoms with Crippen molar-refractivity contribution in [2.24, 2.45) is 0 Å². The Hall–Kier alpha value is -0.280. The van der Waals surface area contributed by atoms with Crippen molar-refractivity contribution >= 4 is 50.7 Å². The van der Waals surface area contributed by atoms with Gasteiger partial charge in [0.25, 0.3) is 0 Å². The first-order valence-electron chi connectivity index (χ1n) is 5.02. The van der Waals surface area contributed by atoms with Crippen LogP contribution in [0.1, 0.15) is 5.56 Å². The molecule has 0 saturated carbocycles. The highest BCUT2D eigenvalue weighted by molar-refractivity contribution is 9.08. The monoisotopic (exact) mass is 366 g/mol. The molecule has 0 heterocycles. The van der Waals surface area contributed by atoms with E-state index in [0.717, 1.165) is 5.56 Å². The van der Waals surface area contributed by atoms with Crippen molar-refractivity contribution in [1.82, 2.24) is 0 Å². The van der Waals surface area contributed by atoms with E-state index in [1.807, 2.05) is 0 Å². The van der Waals surface area contributed by atoms with Gasteiger partial charge >= 0.3 is 0 Å². The molecule has 18 heavy (non-hydrogen) atoms. The fourth-order valence-electron chi connectivity index (χ4n) is 1.64. The highest BCUT2D eigenvalue weighted by Crippen LogP contribution is 2.37. The number of alkyl halides is 1. The van der Waals surface area contributed by atoms with Gasteiger partial charge in [-0.3, -0.25) is 0 Å². The lowest BCUT2D eigenvalue weighted by molar-refractivity contribution is 0.628. The van der Waals surface area contributed by atoms with Crippen molar-refractivity contribution in [1.29, 1.82) is 0 Å². The fraction of sp³-hybridized carbons (Fsp3) is 0.0769. The zero-order valence-electron chi connectivity index (χ0n) is 8.98. The van der Waals surface area contributed by atoms with Crippen LogP contribution >= 0.6 is 50.7 Å². The molecule has 0 spiro atoms. The molecule has 0 bridgehead atoms. The molecule has 0 aliphatic heterocycles. The van der Waals surface area contributed by atoms with E-state index < -0.39 is 0 Å². The van der Waals surface area contributed by atoms with Gasteiger partial charge in [0.05, 0.1) is 10.0 Å². The van der Waals surface area contributed by atoms with E-state index in [0.29, 0.717) is 31.5 Å². The highest BCUT2D eigenvalue weighted by Gasteiger charge is 2.12. The first-order valence-corrected chi connectivity index (χ1v) is 7.27. The predicted molar refractivity (Wildman–Crippen MR) is 79.5 cm³/mol. The van der Waals surface area contributed by atoms with E-state index in [1.165, 1.54) is 12.1 Å². The lowest BCUT2D eigenvalue weighted by Gasteiger charge is -2.11. The van der Waals surface area contributed by atoms with Crippen molar-refractivity contribution in [3.05, 3.63) is 56.8 Å². The zero-order chi connectivity index (χ0) is 13.3. The van der Waals surface area contributed by atoms with E-state index in [2.05, 4.69) is 15.9 Å². The number of hydrogen-bond donors (Lipinski definition) is 0. The van der Waals surface area contributed by atoms with E-state index in [1.54, 1.807) is 18.2 Å². The van der Waals surface area contributed by atoms with Crippen LogP contribution in [0.25, 0.3) is 11.1 Å². The van der Waals surface area contributed by atoms with Crippen molar-refractivity contribution in [2.45, 2.75) is 5.33 Å². The molecule has 0 saturated heterocycles. The summed E-state index contributed by atoms with van der Waals surface area (Å²) in [5.41, 5.74) is 2.30. The number of rotatable bonds is 2. The third-order valence-electron chi connectivity index (χ3n) is 2.52. The summed E-state index contributed by atoms with van der Waals surface area (Å²) >= 11 is 21.4. The Balaban J connectivity index is 2.68. The molecule has 0 aliphatic carbocycles. The van der Waals surface area contributed by atoms with Crippen LogP contribution in [0.2, 0.25) is 15.1 Å². The molecule has 0 radical (unpaired) electrons. The van der Waals surface area contributed by atoms with E-state index in [9.17, 15) is 4.39 Å². The molecule has 0 atom stereocenters. The molecule has 0 fully saturated rings. The maximum Gasteiger partial charge on any atom is 0.123 e. The van der Waals surface area contributed by atoms with Crippen LogP contribution in [-0.4, -0.2) is 0 Å². The highest BCUT2D eigenvalue weighted by atomic mass is 79.9. The van der Waals surface area contributed by atoms with Gasteiger partial charge < -0.3 is 0 Å². The van der Waals surface area contributed by atoms with Crippen LogP contribution < -0.4 is 0 Å². The van der Waals surface area contributed by atoms with Crippen LogP contribution in [0.4, 0.5) is 4.39 Å². The second-order valence-corrected chi connectivity index (χ2v) is 5.46. The molecule has 0 amide bonds. The maximum absolute atomic E-state index is 13.4. The lowest BCUT2D eigenvalue weighted by Crippen LogP contribution is -1.89. The van der Waals surface area contributed by atoms with Crippen LogP contribution in [0.15, 0.2) is 30.3 Å². The second-order valence-electron chi connectivity index (χ2n) is 3.68. The van der Waals surface area contributed by atoms with Gasteiger partial charge in [-0.15, -0.1) is 0 Å². The summed E-state index contributed by atoms with van der Waals surface area (Å²) in [6.45, 7) is 0. The van der Waals surface area contributed by atoms with E-state index in [-0.39, 0.29) is 5.82 Å². The standard InChI is InChI=1S/C13H7BrCl3F/c14-6-7-1-2-8(18)3-9(7)10-4-12(16)13(17)5-11(10)15/h1-5H,6H2. The summed E-state index contributed by atoms with van der Waals surface area (Å²) in [6, 6.07) is 7.75. The number of halogens is 5. The topological polar surface area (TPSA) is 0 Å². The lowest BCUT2D eigenvalue weighted by atomic mass is 10.0. The van der Waals surface area contributed by atoms with Crippen molar-refractivity contribution < 1.29 is 4.39 Å². The quantitative estimate of drug-likeness (QED) is 0.428. The minimum Gasteiger partial charge on any atom is -0.207 e. The van der Waals surface area contributed by atoms with E-state index in [4.69, 9.17) is 34.8 Å². The number of hydrogen-bond acceptors (Lipinski definition) is 0. The Morgan fingerprint density at radius 1 is 0.889 bits per heavy atom. The molecule has 2 aromatic carbocycles. The van der Waals surface area contributed by atoms with Gasteiger partial charge in [0.2, 0.25) is 0 Å². The van der Waals surface area contributed by atoms with Gasteiger partial charge in [0.1, 0.15) is 5.82 Å². The first kappa shape index (κ1) is 14.1. The molecule has 2 rings (SSSR count). The maximum atomic E-state index is 13.4. The van der Waals surface area contributed by atoms with Crippen LogP contribution in [0.5, 0.6) is 0 Å². The minimum atomic E-state index is -0.322. The van der Waals surface area contributed by atoms with Crippen molar-refractivity contribution in [3.63, 3.8) is 0 Å². The van der Waals surface area contributed by atoms with E-state index >= 15 is 0 Å². The molecule has 0 aromatic heterocycles. The predicted octanol–water partition coefficient (Wildman–Crippen LogP) is 6.35. The molecule has 0 nitrogen and oxygen atoms in total. The van der Waals surface area contributed by atoms with Crippen molar-refractivity contribution in [3.8, 4) is 11.1 Å². The Morgan fingerprint density at radius 3 is 2.22 bits per heavy atom. The van der Waals surface area contributed by atoms with Gasteiger partial charge in [-0.25, -0.2) is 4.39 Å². The second kappa shape index (κ2) is 5.79. The van der Waals surface area contributed by atoms with Gasteiger partial charge in [-0.2, -0.15) is 0 Å². The Morgan fingerprint density at radius 2 is 1.56 bits per heavy atom. The third-order valence-corrected chi connectivity index (χ3v) is 4.15. The summed E-state index contributed by atoms with van der Waals surface area (Å²) < 4.78 is 13.4. The van der Waals surface area contributed by atoms with Crippen LogP contribution in [-0.2, 0) is 5.33 Å². The molecule has 5 heteroatoms. The summed E-state index contributed by atoms with van der Waals surface area (Å²) in [4.78, 5) is 0. The summed E-state index contributed by atoms with van der Waals surface area (Å²) in [5.74, 6) is -0.322. The van der Waals surface area contributed by atoms with Gasteiger partial charge in [-0.05, 0) is 35.4 Å². The van der Waals surface area contributed by atoms with Crippen LogP contribution in [0, 0.1) is 5.82 Å². The Bertz CT molecular complexity index is 599. The zero-order valence-corrected chi connectivity index (χ0v) is 12.8. The minimum absolute atomic E-state index is 0.322. The fourth-order valence-corrected chi connectivity index (χ4v) is 2.78. The Kier molecular flexibility index (Phi) is 4.54. The molecule has 94 valence electrons. The van der Waals surface area contributed by atoms with Gasteiger partial charge in [0.15, 0.2) is 0 Å². The first-order chi connectivity index (χ1) is 8.52. The smallest absolute Gasteiger partial charge is 0.123 e. The van der Waals surface area contributed by atoms with Crippen molar-refractivity contribution in [2.75, 3.05) is 0 Å². The van der Waals surface area contributed by atoms with Crippen LogP contribution in [0.3, 0.4) is 0 Å². The molecule has 0 aliphatic rings. The Labute approximate surface area is 128 Å². The number of benzene rings is 2. The van der Waals surface area contributed by atoms with Gasteiger partial charge in [-0.1, -0.05) is 56.8 Å². The molecular formula is C13H7BrCl3F.